The number of hydrogen-bond acceptors (Lipinski definition) is 6. The van der Waals surface area contributed by atoms with Crippen molar-refractivity contribution in [1.82, 2.24) is 20.1 Å². The molecule has 1 aromatic heterocycles. The highest BCUT2D eigenvalue weighted by molar-refractivity contribution is 5.77. The van der Waals surface area contributed by atoms with E-state index in [1.165, 1.54) is 6.33 Å². The number of ether oxygens (including phenoxy) is 2. The van der Waals surface area contributed by atoms with Crippen LogP contribution in [-0.4, -0.2) is 45.6 Å². The van der Waals surface area contributed by atoms with E-state index in [0.717, 1.165) is 0 Å². The van der Waals surface area contributed by atoms with Gasteiger partial charge in [0.05, 0.1) is 6.54 Å². The van der Waals surface area contributed by atoms with Gasteiger partial charge in [-0.2, -0.15) is 0 Å². The number of nitrogens with one attached hydrogen (secondary N) is 1. The summed E-state index contributed by atoms with van der Waals surface area (Å²) in [6.45, 7) is 5.54. The molecule has 105 valence electrons. The van der Waals surface area contributed by atoms with Crippen molar-refractivity contribution in [2.45, 2.75) is 32.9 Å². The molecule has 0 atom stereocenters. The molecule has 0 saturated carbocycles. The van der Waals surface area contributed by atoms with Crippen molar-refractivity contribution in [2.24, 2.45) is 0 Å². The molecule has 0 aliphatic carbocycles. The molecule has 0 aromatic carbocycles. The van der Waals surface area contributed by atoms with Crippen LogP contribution in [0.3, 0.4) is 0 Å². The van der Waals surface area contributed by atoms with Crippen molar-refractivity contribution < 1.29 is 19.1 Å². The Morgan fingerprint density at radius 3 is 2.74 bits per heavy atom. The summed E-state index contributed by atoms with van der Waals surface area (Å²) >= 11 is 0. The lowest BCUT2D eigenvalue weighted by Crippen LogP contribution is -2.36. The van der Waals surface area contributed by atoms with E-state index in [4.69, 9.17) is 9.47 Å². The Bertz CT molecular complexity index is 411. The van der Waals surface area contributed by atoms with Gasteiger partial charge in [-0.3, -0.25) is 4.79 Å². The Kier molecular flexibility index (Phi) is 5.28. The van der Waals surface area contributed by atoms with E-state index in [-0.39, 0.29) is 13.2 Å². The van der Waals surface area contributed by atoms with Gasteiger partial charge in [-0.05, 0) is 20.8 Å². The molecule has 8 nitrogen and oxygen atoms in total. The number of nitrogens with zero attached hydrogens (tertiary/aromatic N) is 3. The first-order chi connectivity index (χ1) is 8.87. The minimum absolute atomic E-state index is 0.156. The number of carbonyl (C=O) groups is 2. The fourth-order valence-corrected chi connectivity index (χ4v) is 1.07. The van der Waals surface area contributed by atoms with Crippen LogP contribution in [0, 0.1) is 6.33 Å². The molecule has 8 heteroatoms. The summed E-state index contributed by atoms with van der Waals surface area (Å²) in [4.78, 5) is 22.6. The molecule has 0 fully saturated rings. The smallest absolute Gasteiger partial charge is 0.408 e. The van der Waals surface area contributed by atoms with Crippen molar-refractivity contribution in [2.75, 3.05) is 13.2 Å². The van der Waals surface area contributed by atoms with E-state index in [1.54, 1.807) is 25.3 Å². The van der Waals surface area contributed by atoms with Crippen molar-refractivity contribution >= 4 is 12.1 Å². The van der Waals surface area contributed by atoms with Gasteiger partial charge in [0.1, 0.15) is 25.1 Å². The quantitative estimate of drug-likeness (QED) is 0.764. The van der Waals surface area contributed by atoms with Gasteiger partial charge >= 0.3 is 12.1 Å². The van der Waals surface area contributed by atoms with E-state index >= 15 is 0 Å². The van der Waals surface area contributed by atoms with E-state index < -0.39 is 17.7 Å². The second kappa shape index (κ2) is 6.72. The number of rotatable bonds is 5. The minimum atomic E-state index is -0.656. The van der Waals surface area contributed by atoms with Crippen LogP contribution in [0.4, 0.5) is 4.79 Å². The summed E-state index contributed by atoms with van der Waals surface area (Å²) < 4.78 is 11.4. The summed E-state index contributed by atoms with van der Waals surface area (Å²) in [5, 5.41) is 9.35. The average Bonchev–Trinajstić information content (AvgIpc) is 2.77. The zero-order valence-corrected chi connectivity index (χ0v) is 11.2. The summed E-state index contributed by atoms with van der Waals surface area (Å²) in [5.41, 5.74) is -0.599. The van der Waals surface area contributed by atoms with Crippen LogP contribution in [0.15, 0.2) is 6.33 Å². The lowest BCUT2D eigenvalue weighted by Gasteiger charge is -2.19. The molecule has 1 N–H and O–H groups in total. The summed E-state index contributed by atoms with van der Waals surface area (Å²) in [6.07, 6.45) is 3.37. The fourth-order valence-electron chi connectivity index (χ4n) is 1.07. The van der Waals surface area contributed by atoms with Gasteiger partial charge in [0.15, 0.2) is 0 Å². The highest BCUT2D eigenvalue weighted by Gasteiger charge is 2.16. The van der Waals surface area contributed by atoms with Crippen LogP contribution in [0.2, 0.25) is 0 Å². The third kappa shape index (κ3) is 7.02. The third-order valence-corrected chi connectivity index (χ3v) is 1.79. The van der Waals surface area contributed by atoms with E-state index in [2.05, 4.69) is 21.8 Å². The molecule has 0 unspecified atom stereocenters. The van der Waals surface area contributed by atoms with Crippen LogP contribution in [0.5, 0.6) is 0 Å². The summed E-state index contributed by atoms with van der Waals surface area (Å²) in [7, 11) is 0. The van der Waals surface area contributed by atoms with Crippen molar-refractivity contribution in [3.05, 3.63) is 12.7 Å². The van der Waals surface area contributed by atoms with Gasteiger partial charge in [0.25, 0.3) is 0 Å². The van der Waals surface area contributed by atoms with E-state index in [0.29, 0.717) is 6.54 Å². The molecule has 0 saturated heterocycles. The monoisotopic (exact) mass is 269 g/mol. The second-order valence-corrected chi connectivity index (χ2v) is 4.70. The molecule has 1 heterocycles. The first-order valence-electron chi connectivity index (χ1n) is 5.75. The van der Waals surface area contributed by atoms with Crippen LogP contribution in [-0.2, 0) is 20.8 Å². The molecule has 1 radical (unpaired) electrons. The second-order valence-electron chi connectivity index (χ2n) is 4.70. The first kappa shape index (κ1) is 14.9. The Morgan fingerprint density at radius 1 is 1.42 bits per heavy atom. The molecule has 0 spiro atoms. The van der Waals surface area contributed by atoms with Gasteiger partial charge in [0.2, 0.25) is 6.33 Å². The van der Waals surface area contributed by atoms with Gasteiger partial charge < -0.3 is 19.4 Å². The first-order valence-corrected chi connectivity index (χ1v) is 5.75. The fraction of sp³-hybridized carbons (Fsp3) is 0.636. The van der Waals surface area contributed by atoms with Crippen LogP contribution < -0.4 is 5.32 Å². The molecular weight excluding hydrogens is 252 g/mol. The number of hydrogen-bond donors (Lipinski definition) is 1. The van der Waals surface area contributed by atoms with E-state index in [9.17, 15) is 9.59 Å². The standard InChI is InChI=1S/C11H17N4O4/c1-11(2,3)19-10(17)12-6-9(16)18-5-4-15-7-13-14-8-15/h7H,4-6H2,1-3H3,(H,12,17). The molecule has 1 rings (SSSR count). The van der Waals surface area contributed by atoms with Gasteiger partial charge in [-0.1, -0.05) is 0 Å². The van der Waals surface area contributed by atoms with Gasteiger partial charge in [-0.15, -0.1) is 10.2 Å². The number of esters is 1. The molecule has 0 bridgehead atoms. The summed E-state index contributed by atoms with van der Waals surface area (Å²) in [6, 6.07) is 0. The molecule has 0 aliphatic heterocycles. The largest absolute Gasteiger partial charge is 0.462 e. The normalized spacial score (nSPS) is 10.9. The topological polar surface area (TPSA) is 95.3 Å². The number of amides is 1. The number of aromatic nitrogens is 3. The minimum Gasteiger partial charge on any atom is -0.462 e. The maximum absolute atomic E-state index is 11.3. The van der Waals surface area contributed by atoms with Crippen molar-refractivity contribution in [3.63, 3.8) is 0 Å². The average molecular weight is 269 g/mol. The highest BCUT2D eigenvalue weighted by atomic mass is 16.6. The third-order valence-electron chi connectivity index (χ3n) is 1.79. The molecule has 19 heavy (non-hydrogen) atoms. The predicted molar refractivity (Wildman–Crippen MR) is 64.1 cm³/mol. The lowest BCUT2D eigenvalue weighted by molar-refractivity contribution is -0.142. The van der Waals surface area contributed by atoms with E-state index in [1.807, 2.05) is 0 Å². The van der Waals surface area contributed by atoms with Crippen molar-refractivity contribution in [1.29, 1.82) is 0 Å². The Balaban J connectivity index is 2.12. The van der Waals surface area contributed by atoms with Crippen LogP contribution >= 0.6 is 0 Å². The molecular formula is C11H17N4O4. The lowest BCUT2D eigenvalue weighted by atomic mass is 10.2. The van der Waals surface area contributed by atoms with Gasteiger partial charge in [0, 0.05) is 0 Å². The highest BCUT2D eigenvalue weighted by Crippen LogP contribution is 2.06. The number of carbonyl (C=O) groups excluding carboxylic acids is 2. The van der Waals surface area contributed by atoms with Crippen LogP contribution in [0.1, 0.15) is 20.8 Å². The Labute approximate surface area is 111 Å². The maximum Gasteiger partial charge on any atom is 0.408 e. The maximum atomic E-state index is 11.3. The Hall–Kier alpha value is -2.12. The SMILES string of the molecule is CC(C)(C)OC(=O)NCC(=O)OCCn1[c]nnc1. The number of alkyl carbamates (subject to hydrolysis) is 1. The van der Waals surface area contributed by atoms with Crippen LogP contribution in [0.25, 0.3) is 0 Å². The zero-order valence-electron chi connectivity index (χ0n) is 11.2. The predicted octanol–water partition coefficient (Wildman–Crippen LogP) is 0.146. The Morgan fingerprint density at radius 2 is 2.16 bits per heavy atom. The summed E-state index contributed by atoms with van der Waals surface area (Å²) in [5.74, 6) is -0.543. The molecule has 1 amide bonds. The molecule has 0 aliphatic rings. The zero-order chi connectivity index (χ0) is 14.3. The van der Waals surface area contributed by atoms with Crippen molar-refractivity contribution in [3.8, 4) is 0 Å². The van der Waals surface area contributed by atoms with Gasteiger partial charge in [-0.25, -0.2) is 4.79 Å². The molecule has 1 aromatic rings.